The maximum Gasteiger partial charge on any atom is 0.264 e. The van der Waals surface area contributed by atoms with Gasteiger partial charge in [-0.3, -0.25) is 4.79 Å². The number of rotatable bonds is 1. The Balaban J connectivity index is 2.02. The van der Waals surface area contributed by atoms with Crippen molar-refractivity contribution in [2.24, 2.45) is 0 Å². The molecule has 5 heteroatoms. The third-order valence-corrected chi connectivity index (χ3v) is 4.50. The van der Waals surface area contributed by atoms with E-state index in [1.807, 2.05) is 6.92 Å². The summed E-state index contributed by atoms with van der Waals surface area (Å²) in [6.45, 7) is 2.61. The number of benzene rings is 1. The molecule has 0 bridgehead atoms. The Kier molecular flexibility index (Phi) is 2.60. The molecule has 1 aliphatic rings. The van der Waals surface area contributed by atoms with Gasteiger partial charge >= 0.3 is 0 Å². The normalized spacial score (nSPS) is 16.1. The third kappa shape index (κ3) is 1.71. The molecule has 0 radical (unpaired) electrons. The Morgan fingerprint density at radius 2 is 2.22 bits per heavy atom. The highest BCUT2D eigenvalue weighted by molar-refractivity contribution is 7.21. The second-order valence-corrected chi connectivity index (χ2v) is 5.61. The molecule has 0 spiro atoms. The van der Waals surface area contributed by atoms with Gasteiger partial charge in [0.1, 0.15) is 5.82 Å². The molecule has 2 aromatic rings. The van der Waals surface area contributed by atoms with Gasteiger partial charge in [-0.1, -0.05) is 0 Å². The van der Waals surface area contributed by atoms with E-state index in [0.29, 0.717) is 18.0 Å². The Morgan fingerprint density at radius 1 is 1.50 bits per heavy atom. The fourth-order valence-electron chi connectivity index (χ4n) is 2.16. The molecule has 0 aliphatic carbocycles. The molecule has 3 nitrogen and oxygen atoms in total. The van der Waals surface area contributed by atoms with Crippen molar-refractivity contribution in [2.45, 2.75) is 13.0 Å². The minimum absolute atomic E-state index is 0.0700. The number of aryl methyl sites for hydroxylation is 1. The van der Waals surface area contributed by atoms with E-state index < -0.39 is 6.10 Å². The van der Waals surface area contributed by atoms with Gasteiger partial charge in [0.25, 0.3) is 5.91 Å². The maximum absolute atomic E-state index is 13.2. The average molecular weight is 265 g/mol. The molecule has 0 saturated carbocycles. The third-order valence-electron chi connectivity index (χ3n) is 3.24. The number of likely N-dealkylation sites (tertiary alicyclic amines) is 1. The summed E-state index contributed by atoms with van der Waals surface area (Å²) < 4.78 is 14.1. The highest BCUT2D eigenvalue weighted by atomic mass is 32.1. The molecule has 0 atom stereocenters. The van der Waals surface area contributed by atoms with Crippen molar-refractivity contribution in [3.05, 3.63) is 34.5 Å². The standard InChI is InChI=1S/C13H12FNO2S/c1-7-10-4-8(14)2-3-11(10)18-12(7)13(17)15-5-9(16)6-15/h2-4,9,16H,5-6H2,1H3. The van der Waals surface area contributed by atoms with E-state index in [-0.39, 0.29) is 11.7 Å². The predicted molar refractivity (Wildman–Crippen MR) is 68.4 cm³/mol. The quantitative estimate of drug-likeness (QED) is 0.858. The van der Waals surface area contributed by atoms with Crippen molar-refractivity contribution >= 4 is 27.3 Å². The second-order valence-electron chi connectivity index (χ2n) is 4.56. The van der Waals surface area contributed by atoms with Crippen LogP contribution in [0.1, 0.15) is 15.2 Å². The molecule has 1 N–H and O–H groups in total. The smallest absolute Gasteiger partial charge is 0.264 e. The zero-order valence-corrected chi connectivity index (χ0v) is 10.6. The summed E-state index contributed by atoms with van der Waals surface area (Å²) in [4.78, 5) is 14.4. The van der Waals surface area contributed by atoms with Gasteiger partial charge in [0.2, 0.25) is 0 Å². The van der Waals surface area contributed by atoms with Gasteiger partial charge in [-0.2, -0.15) is 0 Å². The van der Waals surface area contributed by atoms with E-state index in [2.05, 4.69) is 0 Å². The molecular formula is C13H12FNO2S. The summed E-state index contributed by atoms with van der Waals surface area (Å²) >= 11 is 1.38. The topological polar surface area (TPSA) is 40.5 Å². The minimum atomic E-state index is -0.402. The highest BCUT2D eigenvalue weighted by Crippen LogP contribution is 2.32. The van der Waals surface area contributed by atoms with Crippen LogP contribution in [-0.4, -0.2) is 35.1 Å². The number of halogens is 1. The van der Waals surface area contributed by atoms with Crippen LogP contribution in [0.25, 0.3) is 10.1 Å². The van der Waals surface area contributed by atoms with Crippen LogP contribution < -0.4 is 0 Å². The van der Waals surface area contributed by atoms with Gasteiger partial charge in [0, 0.05) is 17.8 Å². The molecule has 1 aromatic heterocycles. The van der Waals surface area contributed by atoms with E-state index in [4.69, 9.17) is 0 Å². The van der Waals surface area contributed by atoms with Crippen molar-refractivity contribution in [3.63, 3.8) is 0 Å². The lowest BCUT2D eigenvalue weighted by Crippen LogP contribution is -2.53. The first-order chi connectivity index (χ1) is 8.56. The van der Waals surface area contributed by atoms with Crippen LogP contribution in [0.3, 0.4) is 0 Å². The fourth-order valence-corrected chi connectivity index (χ4v) is 3.32. The van der Waals surface area contributed by atoms with E-state index >= 15 is 0 Å². The fraction of sp³-hybridized carbons (Fsp3) is 0.308. The van der Waals surface area contributed by atoms with E-state index in [9.17, 15) is 14.3 Å². The molecule has 1 amide bonds. The molecular weight excluding hydrogens is 253 g/mol. The van der Waals surface area contributed by atoms with Gasteiger partial charge in [0.05, 0.1) is 11.0 Å². The zero-order valence-electron chi connectivity index (χ0n) is 9.81. The summed E-state index contributed by atoms with van der Waals surface area (Å²) in [5.74, 6) is -0.360. The monoisotopic (exact) mass is 265 g/mol. The van der Waals surface area contributed by atoms with Crippen molar-refractivity contribution in [1.82, 2.24) is 4.90 Å². The second kappa shape index (κ2) is 4.03. The highest BCUT2D eigenvalue weighted by Gasteiger charge is 2.31. The lowest BCUT2D eigenvalue weighted by atomic mass is 10.1. The van der Waals surface area contributed by atoms with Gasteiger partial charge in [0.15, 0.2) is 0 Å². The van der Waals surface area contributed by atoms with Gasteiger partial charge in [-0.15, -0.1) is 11.3 Å². The van der Waals surface area contributed by atoms with Crippen molar-refractivity contribution in [2.75, 3.05) is 13.1 Å². The van der Waals surface area contributed by atoms with Crippen LogP contribution >= 0.6 is 11.3 Å². The molecule has 1 aliphatic heterocycles. The Labute approximate surface area is 107 Å². The SMILES string of the molecule is Cc1c(C(=O)N2CC(O)C2)sc2ccc(F)cc12. The van der Waals surface area contributed by atoms with E-state index in [1.54, 1.807) is 11.0 Å². The Hall–Kier alpha value is -1.46. The van der Waals surface area contributed by atoms with Crippen LogP contribution in [0.5, 0.6) is 0 Å². The predicted octanol–water partition coefficient (Wildman–Crippen LogP) is 2.17. The first-order valence-electron chi connectivity index (χ1n) is 5.72. The largest absolute Gasteiger partial charge is 0.389 e. The number of nitrogens with zero attached hydrogens (tertiary/aromatic N) is 1. The number of aliphatic hydroxyl groups excluding tert-OH is 1. The van der Waals surface area contributed by atoms with Gasteiger partial charge in [-0.05, 0) is 36.1 Å². The maximum atomic E-state index is 13.2. The Bertz CT molecular complexity index is 631. The summed E-state index contributed by atoms with van der Waals surface area (Å²) in [5.41, 5.74) is 0.820. The lowest BCUT2D eigenvalue weighted by Gasteiger charge is -2.35. The number of thiophene rings is 1. The number of amides is 1. The van der Waals surface area contributed by atoms with Gasteiger partial charge < -0.3 is 10.0 Å². The molecule has 1 saturated heterocycles. The average Bonchev–Trinajstić information content (AvgIpc) is 2.62. The summed E-state index contributed by atoms with van der Waals surface area (Å²) in [5, 5.41) is 10.0. The van der Waals surface area contributed by atoms with Crippen molar-refractivity contribution in [3.8, 4) is 0 Å². The first-order valence-corrected chi connectivity index (χ1v) is 6.54. The van der Waals surface area contributed by atoms with E-state index in [1.165, 1.54) is 23.5 Å². The molecule has 18 heavy (non-hydrogen) atoms. The van der Waals surface area contributed by atoms with Crippen LogP contribution in [0.4, 0.5) is 4.39 Å². The number of hydrogen-bond donors (Lipinski definition) is 1. The molecule has 2 heterocycles. The number of aliphatic hydroxyl groups is 1. The molecule has 94 valence electrons. The van der Waals surface area contributed by atoms with Crippen molar-refractivity contribution in [1.29, 1.82) is 0 Å². The Morgan fingerprint density at radius 3 is 2.89 bits per heavy atom. The molecule has 0 unspecified atom stereocenters. The summed E-state index contributed by atoms with van der Waals surface area (Å²) in [7, 11) is 0. The lowest BCUT2D eigenvalue weighted by molar-refractivity contribution is 0.00619. The zero-order chi connectivity index (χ0) is 12.9. The van der Waals surface area contributed by atoms with Crippen molar-refractivity contribution < 1.29 is 14.3 Å². The number of carbonyl (C=O) groups excluding carboxylic acids is 1. The molecule has 1 aromatic carbocycles. The van der Waals surface area contributed by atoms with Crippen LogP contribution in [0.15, 0.2) is 18.2 Å². The summed E-state index contributed by atoms with van der Waals surface area (Å²) in [6.07, 6.45) is -0.402. The first kappa shape index (κ1) is 11.6. The number of carbonyl (C=O) groups is 1. The minimum Gasteiger partial charge on any atom is -0.389 e. The van der Waals surface area contributed by atoms with Crippen LogP contribution in [0, 0.1) is 12.7 Å². The van der Waals surface area contributed by atoms with E-state index in [0.717, 1.165) is 15.6 Å². The number of hydrogen-bond acceptors (Lipinski definition) is 3. The number of β-amino-alcohol motifs (C(OH)–C–C–N with tert-alkyl or cyclic N) is 1. The molecule has 1 fully saturated rings. The molecule has 3 rings (SSSR count). The number of fused-ring (bicyclic) bond motifs is 1. The van der Waals surface area contributed by atoms with Gasteiger partial charge in [-0.25, -0.2) is 4.39 Å². The van der Waals surface area contributed by atoms with Crippen LogP contribution in [0.2, 0.25) is 0 Å². The summed E-state index contributed by atoms with van der Waals surface area (Å²) in [6, 6.07) is 4.56. The van der Waals surface area contributed by atoms with Crippen LogP contribution in [-0.2, 0) is 0 Å².